The molecule has 0 aromatic carbocycles. The number of aromatic amines is 1. The van der Waals surface area contributed by atoms with Gasteiger partial charge < -0.3 is 10.4 Å². The van der Waals surface area contributed by atoms with Crippen LogP contribution in [0.4, 0.5) is 0 Å². The van der Waals surface area contributed by atoms with Gasteiger partial charge in [0, 0.05) is 18.6 Å². The first kappa shape index (κ1) is 13.6. The number of aliphatic hydroxyl groups excluding tert-OH is 1. The Hall–Kier alpha value is -1.43. The maximum Gasteiger partial charge on any atom is 0.290 e. The second-order valence-corrected chi connectivity index (χ2v) is 4.94. The molecule has 96 valence electrons. The molecule has 0 radical (unpaired) electrons. The van der Waals surface area contributed by atoms with Crippen molar-refractivity contribution in [1.29, 1.82) is 0 Å². The minimum absolute atomic E-state index is 0.144. The van der Waals surface area contributed by atoms with Gasteiger partial charge in [0.2, 0.25) is 5.82 Å². The zero-order chi connectivity index (χ0) is 12.9. The molecule has 17 heavy (non-hydrogen) atoms. The monoisotopic (exact) mass is 240 g/mol. The van der Waals surface area contributed by atoms with E-state index in [-0.39, 0.29) is 23.8 Å². The Balaban J connectivity index is 2.50. The fourth-order valence-electron chi connectivity index (χ4n) is 1.22. The number of hydrogen-bond acceptors (Lipinski definition) is 4. The molecular formula is C11H20N4O2. The lowest BCUT2D eigenvalue weighted by Gasteiger charge is -2.12. The molecule has 0 unspecified atom stereocenters. The zero-order valence-electron chi connectivity index (χ0n) is 10.6. The number of nitrogens with zero attached hydrogens (tertiary/aromatic N) is 2. The molecule has 1 amide bonds. The van der Waals surface area contributed by atoms with Crippen molar-refractivity contribution < 1.29 is 9.90 Å². The Morgan fingerprint density at radius 1 is 1.41 bits per heavy atom. The first-order chi connectivity index (χ1) is 7.95. The van der Waals surface area contributed by atoms with Crippen LogP contribution >= 0.6 is 0 Å². The minimum Gasteiger partial charge on any atom is -0.396 e. The Bertz CT molecular complexity index is 368. The van der Waals surface area contributed by atoms with Crippen LogP contribution in [0.25, 0.3) is 0 Å². The van der Waals surface area contributed by atoms with Crippen LogP contribution in [-0.2, 0) is 5.41 Å². The molecule has 0 fully saturated rings. The summed E-state index contributed by atoms with van der Waals surface area (Å²) >= 11 is 0. The van der Waals surface area contributed by atoms with Gasteiger partial charge in [-0.25, -0.2) is 4.98 Å². The van der Waals surface area contributed by atoms with Crippen molar-refractivity contribution in [2.45, 2.75) is 39.0 Å². The maximum absolute atomic E-state index is 11.6. The van der Waals surface area contributed by atoms with Crippen LogP contribution in [-0.4, -0.2) is 39.3 Å². The Kier molecular flexibility index (Phi) is 4.62. The molecule has 1 aromatic rings. The SMILES string of the molecule is CC(C)(C)c1nc(C(=O)NCCCCO)n[nH]1. The van der Waals surface area contributed by atoms with Crippen LogP contribution in [0.15, 0.2) is 0 Å². The second kappa shape index (κ2) is 5.77. The predicted molar refractivity (Wildman–Crippen MR) is 63.7 cm³/mol. The highest BCUT2D eigenvalue weighted by Crippen LogP contribution is 2.17. The molecule has 0 bridgehead atoms. The minimum atomic E-state index is -0.283. The molecule has 0 atom stereocenters. The molecule has 0 aliphatic rings. The third-order valence-corrected chi connectivity index (χ3v) is 2.27. The molecule has 1 aromatic heterocycles. The molecule has 0 aliphatic carbocycles. The number of nitrogens with one attached hydrogen (secondary N) is 2. The summed E-state index contributed by atoms with van der Waals surface area (Å²) in [6.07, 6.45) is 1.43. The van der Waals surface area contributed by atoms with Crippen LogP contribution < -0.4 is 5.32 Å². The predicted octanol–water partition coefficient (Wildman–Crippen LogP) is 0.604. The van der Waals surface area contributed by atoms with E-state index in [1.165, 1.54) is 0 Å². The number of H-pyrrole nitrogens is 1. The number of hydrogen-bond donors (Lipinski definition) is 3. The van der Waals surface area contributed by atoms with Gasteiger partial charge in [-0.3, -0.25) is 9.89 Å². The smallest absolute Gasteiger partial charge is 0.290 e. The topological polar surface area (TPSA) is 90.9 Å². The summed E-state index contributed by atoms with van der Waals surface area (Å²) in [4.78, 5) is 15.8. The second-order valence-electron chi connectivity index (χ2n) is 4.94. The van der Waals surface area contributed by atoms with E-state index in [2.05, 4.69) is 20.5 Å². The van der Waals surface area contributed by atoms with Crippen LogP contribution in [0.1, 0.15) is 50.1 Å². The fraction of sp³-hybridized carbons (Fsp3) is 0.727. The van der Waals surface area contributed by atoms with Crippen LogP contribution in [0.3, 0.4) is 0 Å². The summed E-state index contributed by atoms with van der Waals surface area (Å²) in [5, 5.41) is 18.0. The Morgan fingerprint density at radius 2 is 2.12 bits per heavy atom. The Labute approximate surface area is 101 Å². The van der Waals surface area contributed by atoms with E-state index in [1.54, 1.807) is 0 Å². The fourth-order valence-corrected chi connectivity index (χ4v) is 1.22. The molecule has 1 rings (SSSR count). The molecule has 1 heterocycles. The summed E-state index contributed by atoms with van der Waals surface area (Å²) in [5.41, 5.74) is -0.150. The van der Waals surface area contributed by atoms with Gasteiger partial charge >= 0.3 is 0 Å². The molecule has 0 aliphatic heterocycles. The number of aromatic nitrogens is 3. The van der Waals surface area contributed by atoms with Gasteiger partial charge in [-0.15, -0.1) is 5.10 Å². The summed E-state index contributed by atoms with van der Waals surface area (Å²) < 4.78 is 0. The van der Waals surface area contributed by atoms with Crippen molar-refractivity contribution in [3.8, 4) is 0 Å². The molecule has 0 saturated carbocycles. The van der Waals surface area contributed by atoms with Crippen molar-refractivity contribution in [3.63, 3.8) is 0 Å². The highest BCUT2D eigenvalue weighted by atomic mass is 16.2. The highest BCUT2D eigenvalue weighted by Gasteiger charge is 2.20. The van der Waals surface area contributed by atoms with Gasteiger partial charge in [0.15, 0.2) is 0 Å². The van der Waals surface area contributed by atoms with Crippen LogP contribution in [0.2, 0.25) is 0 Å². The third kappa shape index (κ3) is 4.14. The molecule has 6 nitrogen and oxygen atoms in total. The quantitative estimate of drug-likeness (QED) is 0.657. The van der Waals surface area contributed by atoms with Crippen molar-refractivity contribution in [3.05, 3.63) is 11.6 Å². The van der Waals surface area contributed by atoms with Gasteiger partial charge in [0.05, 0.1) is 0 Å². The lowest BCUT2D eigenvalue weighted by atomic mass is 9.96. The summed E-state index contributed by atoms with van der Waals surface area (Å²) in [5.74, 6) is 0.576. The number of rotatable bonds is 5. The van der Waals surface area contributed by atoms with Gasteiger partial charge in [-0.1, -0.05) is 20.8 Å². The van der Waals surface area contributed by atoms with Gasteiger partial charge in [-0.05, 0) is 12.8 Å². The maximum atomic E-state index is 11.6. The van der Waals surface area contributed by atoms with E-state index < -0.39 is 0 Å². The number of aliphatic hydroxyl groups is 1. The average Bonchev–Trinajstić information content (AvgIpc) is 2.72. The van der Waals surface area contributed by atoms with E-state index in [1.807, 2.05) is 20.8 Å². The lowest BCUT2D eigenvalue weighted by molar-refractivity contribution is 0.0942. The zero-order valence-corrected chi connectivity index (χ0v) is 10.6. The van der Waals surface area contributed by atoms with Crippen molar-refractivity contribution in [1.82, 2.24) is 20.5 Å². The van der Waals surface area contributed by atoms with Gasteiger partial charge in [0.1, 0.15) is 5.82 Å². The van der Waals surface area contributed by atoms with E-state index in [0.29, 0.717) is 18.8 Å². The van der Waals surface area contributed by atoms with E-state index >= 15 is 0 Å². The normalized spacial score (nSPS) is 11.5. The molecule has 0 saturated heterocycles. The largest absolute Gasteiger partial charge is 0.396 e. The highest BCUT2D eigenvalue weighted by molar-refractivity contribution is 5.90. The summed E-state index contributed by atoms with van der Waals surface area (Å²) in [7, 11) is 0. The van der Waals surface area contributed by atoms with E-state index in [4.69, 9.17) is 5.11 Å². The van der Waals surface area contributed by atoms with Crippen LogP contribution in [0.5, 0.6) is 0 Å². The van der Waals surface area contributed by atoms with E-state index in [9.17, 15) is 4.79 Å². The molecule has 3 N–H and O–H groups in total. The summed E-state index contributed by atoms with van der Waals surface area (Å²) in [6.45, 7) is 6.66. The standard InChI is InChI=1S/C11H20N4O2/c1-11(2,3)10-13-8(14-15-10)9(17)12-6-4-5-7-16/h16H,4-7H2,1-3H3,(H,12,17)(H,13,14,15). The Morgan fingerprint density at radius 3 is 2.65 bits per heavy atom. The molecule has 0 spiro atoms. The summed E-state index contributed by atoms with van der Waals surface area (Å²) in [6, 6.07) is 0. The van der Waals surface area contributed by atoms with Gasteiger partial charge in [0.25, 0.3) is 5.91 Å². The number of carbonyl (C=O) groups is 1. The number of carbonyl (C=O) groups excluding carboxylic acids is 1. The van der Waals surface area contributed by atoms with Crippen LogP contribution in [0, 0.1) is 0 Å². The average molecular weight is 240 g/mol. The lowest BCUT2D eigenvalue weighted by Crippen LogP contribution is -2.26. The van der Waals surface area contributed by atoms with E-state index in [0.717, 1.165) is 6.42 Å². The first-order valence-electron chi connectivity index (χ1n) is 5.77. The van der Waals surface area contributed by atoms with Crippen molar-refractivity contribution in [2.24, 2.45) is 0 Å². The van der Waals surface area contributed by atoms with Crippen molar-refractivity contribution >= 4 is 5.91 Å². The molecule has 6 heteroatoms. The number of amides is 1. The van der Waals surface area contributed by atoms with Crippen molar-refractivity contribution in [2.75, 3.05) is 13.2 Å². The molecular weight excluding hydrogens is 220 g/mol. The first-order valence-corrected chi connectivity index (χ1v) is 5.77. The third-order valence-electron chi connectivity index (χ3n) is 2.27. The van der Waals surface area contributed by atoms with Gasteiger partial charge in [-0.2, -0.15) is 0 Å². The number of unbranched alkanes of at least 4 members (excludes halogenated alkanes) is 1.